The molecule has 0 aromatic heterocycles. The highest BCUT2D eigenvalue weighted by atomic mass is 16.5. The van der Waals surface area contributed by atoms with E-state index in [1.54, 1.807) is 4.90 Å². The second-order valence-electron chi connectivity index (χ2n) is 10.0. The number of rotatable bonds is 5. The summed E-state index contributed by atoms with van der Waals surface area (Å²) < 4.78 is 5.94. The Morgan fingerprint density at radius 2 is 1.56 bits per heavy atom. The molecule has 1 heterocycles. The van der Waals surface area contributed by atoms with Crippen molar-refractivity contribution in [3.8, 4) is 11.5 Å². The number of carbonyl (C=O) groups excluding carboxylic acids is 2. The lowest BCUT2D eigenvalue weighted by molar-refractivity contribution is -0.122. The Balaban J connectivity index is 1.36. The lowest BCUT2D eigenvalue weighted by atomic mass is 9.87. The quantitative estimate of drug-likeness (QED) is 0.484. The van der Waals surface area contributed by atoms with Gasteiger partial charge >= 0.3 is 0 Å². The number of anilines is 2. The third-order valence-electron chi connectivity index (χ3n) is 6.44. The fourth-order valence-corrected chi connectivity index (χ4v) is 4.15. The van der Waals surface area contributed by atoms with Crippen molar-refractivity contribution in [1.29, 1.82) is 0 Å². The average Bonchev–Trinajstić information content (AvgIpc) is 3.18. The molecular weight excluding hydrogens is 424 g/mol. The summed E-state index contributed by atoms with van der Waals surface area (Å²) in [6.45, 7) is 11.0. The number of hydrogen-bond donors (Lipinski definition) is 1. The van der Waals surface area contributed by atoms with E-state index in [0.717, 1.165) is 22.6 Å². The van der Waals surface area contributed by atoms with Crippen LogP contribution in [0.3, 0.4) is 0 Å². The molecule has 0 saturated carbocycles. The van der Waals surface area contributed by atoms with E-state index in [-0.39, 0.29) is 29.6 Å². The van der Waals surface area contributed by atoms with E-state index >= 15 is 0 Å². The minimum absolute atomic E-state index is 0.0184. The minimum Gasteiger partial charge on any atom is -0.457 e. The maximum atomic E-state index is 12.9. The predicted octanol–water partition coefficient (Wildman–Crippen LogP) is 6.38. The standard InChI is InChI=1S/C29H32N2O3/c1-19-7-6-8-26(20(19)2)31-18-21(17-27(31)32)28(33)30-23-11-15-25(16-12-23)34-24-13-9-22(10-14-24)29(3,4)5/h6-16,21H,17-18H2,1-5H3,(H,30,33)/t21-/m1/s1. The van der Waals surface area contributed by atoms with Crippen LogP contribution in [0.2, 0.25) is 0 Å². The maximum Gasteiger partial charge on any atom is 0.229 e. The molecule has 0 aliphatic carbocycles. The number of ether oxygens (including phenoxy) is 1. The molecule has 0 unspecified atom stereocenters. The zero-order chi connectivity index (χ0) is 24.5. The van der Waals surface area contributed by atoms with E-state index in [2.05, 4.69) is 38.2 Å². The Morgan fingerprint density at radius 3 is 2.18 bits per heavy atom. The number of amides is 2. The summed E-state index contributed by atoms with van der Waals surface area (Å²) in [5.74, 6) is 0.909. The molecule has 1 atom stereocenters. The largest absolute Gasteiger partial charge is 0.457 e. The SMILES string of the molecule is Cc1cccc(N2C[C@H](C(=O)Nc3ccc(Oc4ccc(C(C)(C)C)cc4)cc3)CC2=O)c1C. The normalized spacial score (nSPS) is 16.0. The van der Waals surface area contributed by atoms with Crippen molar-refractivity contribution in [3.05, 3.63) is 83.4 Å². The summed E-state index contributed by atoms with van der Waals surface area (Å²) in [4.78, 5) is 27.2. The van der Waals surface area contributed by atoms with Crippen molar-refractivity contribution in [1.82, 2.24) is 0 Å². The predicted molar refractivity (Wildman–Crippen MR) is 137 cm³/mol. The average molecular weight is 457 g/mol. The van der Waals surface area contributed by atoms with Gasteiger partial charge < -0.3 is 15.0 Å². The number of carbonyl (C=O) groups is 2. The van der Waals surface area contributed by atoms with Gasteiger partial charge in [-0.25, -0.2) is 0 Å². The highest BCUT2D eigenvalue weighted by Gasteiger charge is 2.35. The summed E-state index contributed by atoms with van der Waals surface area (Å²) in [5, 5.41) is 2.94. The van der Waals surface area contributed by atoms with Gasteiger partial charge in [-0.05, 0) is 78.4 Å². The highest BCUT2D eigenvalue weighted by molar-refractivity contribution is 6.03. The number of hydrogen-bond acceptors (Lipinski definition) is 3. The summed E-state index contributed by atoms with van der Waals surface area (Å²) in [7, 11) is 0. The summed E-state index contributed by atoms with van der Waals surface area (Å²) in [5.41, 5.74) is 5.11. The first-order chi connectivity index (χ1) is 16.1. The molecule has 5 heteroatoms. The number of nitrogens with one attached hydrogen (secondary N) is 1. The van der Waals surface area contributed by atoms with Crippen LogP contribution in [-0.4, -0.2) is 18.4 Å². The Hall–Kier alpha value is -3.60. The Labute approximate surface area is 201 Å². The zero-order valence-electron chi connectivity index (χ0n) is 20.5. The highest BCUT2D eigenvalue weighted by Crippen LogP contribution is 2.31. The Morgan fingerprint density at radius 1 is 0.941 bits per heavy atom. The van der Waals surface area contributed by atoms with Crippen LogP contribution in [-0.2, 0) is 15.0 Å². The van der Waals surface area contributed by atoms with Crippen molar-refractivity contribution in [2.75, 3.05) is 16.8 Å². The van der Waals surface area contributed by atoms with Crippen LogP contribution in [0.4, 0.5) is 11.4 Å². The van der Waals surface area contributed by atoms with Gasteiger partial charge in [0.1, 0.15) is 11.5 Å². The van der Waals surface area contributed by atoms with Crippen LogP contribution in [0.15, 0.2) is 66.7 Å². The monoisotopic (exact) mass is 456 g/mol. The molecule has 0 radical (unpaired) electrons. The van der Waals surface area contributed by atoms with Crippen LogP contribution in [0.25, 0.3) is 0 Å². The molecule has 2 amide bonds. The van der Waals surface area contributed by atoms with E-state index < -0.39 is 0 Å². The topological polar surface area (TPSA) is 58.6 Å². The third kappa shape index (κ3) is 5.14. The first kappa shape index (κ1) is 23.6. The van der Waals surface area contributed by atoms with Crippen molar-refractivity contribution in [3.63, 3.8) is 0 Å². The molecule has 5 nitrogen and oxygen atoms in total. The molecule has 4 rings (SSSR count). The first-order valence-electron chi connectivity index (χ1n) is 11.7. The number of benzene rings is 3. The third-order valence-corrected chi connectivity index (χ3v) is 6.44. The van der Waals surface area contributed by atoms with Gasteiger partial charge in [-0.15, -0.1) is 0 Å². The molecule has 1 aliphatic heterocycles. The summed E-state index contributed by atoms with van der Waals surface area (Å²) in [6, 6.07) is 21.3. The fraction of sp³-hybridized carbons (Fsp3) is 0.310. The number of aryl methyl sites for hydroxylation is 1. The van der Waals surface area contributed by atoms with Crippen LogP contribution < -0.4 is 15.0 Å². The van der Waals surface area contributed by atoms with E-state index in [1.165, 1.54) is 5.56 Å². The maximum absolute atomic E-state index is 12.9. The van der Waals surface area contributed by atoms with E-state index in [4.69, 9.17) is 4.74 Å². The van der Waals surface area contributed by atoms with Crippen LogP contribution in [0.1, 0.15) is 43.9 Å². The van der Waals surface area contributed by atoms with Gasteiger partial charge in [0.05, 0.1) is 5.92 Å². The van der Waals surface area contributed by atoms with Crippen molar-refractivity contribution >= 4 is 23.2 Å². The van der Waals surface area contributed by atoms with Gasteiger partial charge in [0.2, 0.25) is 11.8 Å². The Bertz CT molecular complexity index is 1190. The lowest BCUT2D eigenvalue weighted by Crippen LogP contribution is -2.28. The molecule has 34 heavy (non-hydrogen) atoms. The van der Waals surface area contributed by atoms with Gasteiger partial charge in [0.25, 0.3) is 0 Å². The molecular formula is C29H32N2O3. The van der Waals surface area contributed by atoms with Gasteiger partial charge in [-0.3, -0.25) is 9.59 Å². The van der Waals surface area contributed by atoms with Crippen molar-refractivity contribution < 1.29 is 14.3 Å². The van der Waals surface area contributed by atoms with Crippen LogP contribution >= 0.6 is 0 Å². The molecule has 3 aromatic carbocycles. The first-order valence-corrected chi connectivity index (χ1v) is 11.7. The zero-order valence-corrected chi connectivity index (χ0v) is 20.5. The molecule has 1 aliphatic rings. The van der Waals surface area contributed by atoms with E-state index in [1.807, 2.05) is 68.4 Å². The summed E-state index contributed by atoms with van der Waals surface area (Å²) in [6.07, 6.45) is 0.213. The second kappa shape index (κ2) is 9.34. The Kier molecular flexibility index (Phi) is 6.47. The molecule has 3 aromatic rings. The van der Waals surface area contributed by atoms with E-state index in [0.29, 0.717) is 18.0 Å². The van der Waals surface area contributed by atoms with Gasteiger partial charge in [-0.1, -0.05) is 45.0 Å². The smallest absolute Gasteiger partial charge is 0.229 e. The molecule has 1 fully saturated rings. The van der Waals surface area contributed by atoms with Crippen molar-refractivity contribution in [2.24, 2.45) is 5.92 Å². The lowest BCUT2D eigenvalue weighted by Gasteiger charge is -2.20. The summed E-state index contributed by atoms with van der Waals surface area (Å²) >= 11 is 0. The van der Waals surface area contributed by atoms with Crippen molar-refractivity contribution in [2.45, 2.75) is 46.5 Å². The van der Waals surface area contributed by atoms with Gasteiger partial charge in [-0.2, -0.15) is 0 Å². The van der Waals surface area contributed by atoms with Crippen LogP contribution in [0, 0.1) is 19.8 Å². The molecule has 1 N–H and O–H groups in total. The van der Waals surface area contributed by atoms with Gasteiger partial charge in [0.15, 0.2) is 0 Å². The van der Waals surface area contributed by atoms with Gasteiger partial charge in [0, 0.05) is 24.3 Å². The number of nitrogens with zero attached hydrogens (tertiary/aromatic N) is 1. The molecule has 1 saturated heterocycles. The minimum atomic E-state index is -0.385. The van der Waals surface area contributed by atoms with Crippen LogP contribution in [0.5, 0.6) is 11.5 Å². The molecule has 0 bridgehead atoms. The molecule has 0 spiro atoms. The molecule has 176 valence electrons. The fourth-order valence-electron chi connectivity index (χ4n) is 4.15. The second-order valence-corrected chi connectivity index (χ2v) is 10.0. The van der Waals surface area contributed by atoms with E-state index in [9.17, 15) is 9.59 Å².